The van der Waals surface area contributed by atoms with Crippen LogP contribution in [0.1, 0.15) is 30.7 Å². The molecule has 1 aliphatic carbocycles. The highest BCUT2D eigenvalue weighted by atomic mass is 16.1. The number of aromatic nitrogens is 2. The number of nitrogens with one attached hydrogen (secondary N) is 1. The van der Waals surface area contributed by atoms with Crippen molar-refractivity contribution in [2.24, 2.45) is 5.92 Å². The molecule has 4 heteroatoms. The van der Waals surface area contributed by atoms with E-state index in [1.165, 1.54) is 12.1 Å². The number of hydrogen-bond acceptors (Lipinski definition) is 2. The molecule has 3 rings (SSSR count). The van der Waals surface area contributed by atoms with Crippen molar-refractivity contribution in [1.82, 2.24) is 14.7 Å². The van der Waals surface area contributed by atoms with E-state index >= 15 is 0 Å². The molecule has 2 heterocycles. The molecule has 1 aliphatic rings. The number of carbonyl (C=O) groups is 1. The van der Waals surface area contributed by atoms with Crippen LogP contribution in [0.15, 0.2) is 24.4 Å². The number of rotatable bonds is 4. The van der Waals surface area contributed by atoms with E-state index in [2.05, 4.69) is 33.9 Å². The molecule has 0 aliphatic heterocycles. The van der Waals surface area contributed by atoms with Gasteiger partial charge in [-0.2, -0.15) is 0 Å². The van der Waals surface area contributed by atoms with Gasteiger partial charge < -0.3 is 9.72 Å². The summed E-state index contributed by atoms with van der Waals surface area (Å²) in [6, 6.07) is 6.08. The maximum Gasteiger partial charge on any atom is 0.223 e. The Morgan fingerprint density at radius 2 is 2.32 bits per heavy atom. The number of amides is 1. The van der Waals surface area contributed by atoms with Crippen LogP contribution in [0, 0.1) is 12.8 Å². The summed E-state index contributed by atoms with van der Waals surface area (Å²) < 4.78 is 2.09. The summed E-state index contributed by atoms with van der Waals surface area (Å²) in [6.45, 7) is 2.75. The van der Waals surface area contributed by atoms with Crippen LogP contribution in [-0.2, 0) is 11.2 Å². The lowest BCUT2D eigenvalue weighted by atomic mass is 9.85. The molecule has 0 aromatic carbocycles. The molecule has 100 valence electrons. The van der Waals surface area contributed by atoms with Gasteiger partial charge in [0.05, 0.1) is 5.69 Å². The molecule has 0 atom stereocenters. The molecule has 0 bridgehead atoms. The number of carbonyl (C=O) groups excluding carboxylic acids is 1. The average molecular weight is 257 g/mol. The van der Waals surface area contributed by atoms with E-state index in [9.17, 15) is 4.79 Å². The van der Waals surface area contributed by atoms with Crippen molar-refractivity contribution in [2.75, 3.05) is 6.54 Å². The molecule has 0 saturated heterocycles. The normalized spacial score (nSPS) is 15.4. The Morgan fingerprint density at radius 1 is 1.47 bits per heavy atom. The summed E-state index contributed by atoms with van der Waals surface area (Å²) in [6.07, 6.45) is 6.16. The maximum absolute atomic E-state index is 11.7. The molecule has 1 amide bonds. The number of hydrogen-bond donors (Lipinski definition) is 1. The minimum atomic E-state index is 0.214. The summed E-state index contributed by atoms with van der Waals surface area (Å²) in [4.78, 5) is 16.3. The third-order valence-electron chi connectivity index (χ3n) is 3.90. The molecule has 1 N–H and O–H groups in total. The fourth-order valence-electron chi connectivity index (χ4n) is 2.45. The van der Waals surface area contributed by atoms with Crippen molar-refractivity contribution in [3.63, 3.8) is 0 Å². The Hall–Kier alpha value is -1.84. The SMILES string of the molecule is Cc1cccc2nc(CCNC(=O)C3CCC3)cn12. The van der Waals surface area contributed by atoms with E-state index in [4.69, 9.17) is 0 Å². The van der Waals surface area contributed by atoms with Crippen molar-refractivity contribution in [1.29, 1.82) is 0 Å². The fourth-order valence-corrected chi connectivity index (χ4v) is 2.45. The number of pyridine rings is 1. The highest BCUT2D eigenvalue weighted by molar-refractivity contribution is 5.79. The van der Waals surface area contributed by atoms with Crippen molar-refractivity contribution in [3.05, 3.63) is 35.8 Å². The van der Waals surface area contributed by atoms with Crippen molar-refractivity contribution in [2.45, 2.75) is 32.6 Å². The fraction of sp³-hybridized carbons (Fsp3) is 0.467. The minimum Gasteiger partial charge on any atom is -0.355 e. The second-order valence-corrected chi connectivity index (χ2v) is 5.30. The van der Waals surface area contributed by atoms with E-state index < -0.39 is 0 Å². The molecular formula is C15H19N3O. The van der Waals surface area contributed by atoms with Crippen molar-refractivity contribution in [3.8, 4) is 0 Å². The zero-order valence-corrected chi connectivity index (χ0v) is 11.2. The minimum absolute atomic E-state index is 0.214. The van der Waals surface area contributed by atoms with Crippen LogP contribution >= 0.6 is 0 Å². The van der Waals surface area contributed by atoms with Gasteiger partial charge >= 0.3 is 0 Å². The highest BCUT2D eigenvalue weighted by Crippen LogP contribution is 2.26. The van der Waals surface area contributed by atoms with Crippen LogP contribution in [0.3, 0.4) is 0 Å². The Labute approximate surface area is 112 Å². The molecule has 0 spiro atoms. The van der Waals surface area contributed by atoms with Gasteiger partial charge in [-0.1, -0.05) is 12.5 Å². The molecule has 0 radical (unpaired) electrons. The molecule has 2 aromatic heterocycles. The zero-order chi connectivity index (χ0) is 13.2. The Bertz CT molecular complexity index is 598. The Kier molecular flexibility index (Phi) is 3.23. The van der Waals surface area contributed by atoms with Gasteiger partial charge in [0.2, 0.25) is 5.91 Å². The number of aryl methyl sites for hydroxylation is 1. The van der Waals surface area contributed by atoms with Crippen molar-refractivity contribution >= 4 is 11.6 Å². The van der Waals surface area contributed by atoms with Gasteiger partial charge in [0.1, 0.15) is 5.65 Å². The first kappa shape index (κ1) is 12.2. The van der Waals surface area contributed by atoms with Gasteiger partial charge in [-0.25, -0.2) is 4.98 Å². The predicted octanol–water partition coefficient (Wildman–Crippen LogP) is 2.10. The molecule has 19 heavy (non-hydrogen) atoms. The van der Waals surface area contributed by atoms with Gasteiger partial charge in [-0.15, -0.1) is 0 Å². The first-order valence-electron chi connectivity index (χ1n) is 6.95. The largest absolute Gasteiger partial charge is 0.355 e. The lowest BCUT2D eigenvalue weighted by molar-refractivity contribution is -0.127. The maximum atomic E-state index is 11.7. The molecular weight excluding hydrogens is 238 g/mol. The van der Waals surface area contributed by atoms with Gasteiger partial charge in [0.25, 0.3) is 0 Å². The van der Waals surface area contributed by atoms with Gasteiger partial charge in [-0.3, -0.25) is 4.79 Å². The molecule has 4 nitrogen and oxygen atoms in total. The quantitative estimate of drug-likeness (QED) is 0.911. The third kappa shape index (κ3) is 2.48. The number of imidazole rings is 1. The van der Waals surface area contributed by atoms with Crippen LogP contribution in [0.5, 0.6) is 0 Å². The topological polar surface area (TPSA) is 46.4 Å². The second kappa shape index (κ2) is 5.03. The summed E-state index contributed by atoms with van der Waals surface area (Å²) in [5.74, 6) is 0.481. The second-order valence-electron chi connectivity index (χ2n) is 5.30. The molecule has 1 fully saturated rings. The van der Waals surface area contributed by atoms with Crippen LogP contribution in [0.25, 0.3) is 5.65 Å². The molecule has 1 saturated carbocycles. The zero-order valence-electron chi connectivity index (χ0n) is 11.2. The van der Waals surface area contributed by atoms with E-state index in [1.807, 2.05) is 12.1 Å². The van der Waals surface area contributed by atoms with Crippen LogP contribution < -0.4 is 5.32 Å². The van der Waals surface area contributed by atoms with E-state index in [0.29, 0.717) is 6.54 Å². The summed E-state index contributed by atoms with van der Waals surface area (Å²) in [5, 5.41) is 3.00. The average Bonchev–Trinajstić information content (AvgIpc) is 2.71. The van der Waals surface area contributed by atoms with E-state index in [1.54, 1.807) is 0 Å². The Balaban J connectivity index is 1.59. The summed E-state index contributed by atoms with van der Waals surface area (Å²) in [5.41, 5.74) is 3.18. The lowest BCUT2D eigenvalue weighted by Crippen LogP contribution is -2.35. The van der Waals surface area contributed by atoms with Gasteiger partial charge in [0.15, 0.2) is 0 Å². The molecule has 2 aromatic rings. The molecule has 0 unspecified atom stereocenters. The monoisotopic (exact) mass is 257 g/mol. The van der Waals surface area contributed by atoms with Gasteiger partial charge in [-0.05, 0) is 31.9 Å². The summed E-state index contributed by atoms with van der Waals surface area (Å²) >= 11 is 0. The number of nitrogens with zero attached hydrogens (tertiary/aromatic N) is 2. The van der Waals surface area contributed by atoms with Gasteiger partial charge in [0, 0.05) is 30.8 Å². The number of fused-ring (bicyclic) bond motifs is 1. The van der Waals surface area contributed by atoms with Crippen LogP contribution in [-0.4, -0.2) is 21.8 Å². The smallest absolute Gasteiger partial charge is 0.223 e. The van der Waals surface area contributed by atoms with E-state index in [-0.39, 0.29) is 11.8 Å². The van der Waals surface area contributed by atoms with Crippen LogP contribution in [0.4, 0.5) is 0 Å². The standard InChI is InChI=1S/C15H19N3O/c1-11-4-2-7-14-17-13(10-18(11)14)8-9-16-15(19)12-5-3-6-12/h2,4,7,10,12H,3,5-6,8-9H2,1H3,(H,16,19). The van der Waals surface area contributed by atoms with Crippen molar-refractivity contribution < 1.29 is 4.79 Å². The van der Waals surface area contributed by atoms with E-state index in [0.717, 1.165) is 30.6 Å². The lowest BCUT2D eigenvalue weighted by Gasteiger charge is -2.23. The first-order chi connectivity index (χ1) is 9.24. The van der Waals surface area contributed by atoms with Crippen LogP contribution in [0.2, 0.25) is 0 Å². The third-order valence-corrected chi connectivity index (χ3v) is 3.90. The Morgan fingerprint density at radius 3 is 3.00 bits per heavy atom. The highest BCUT2D eigenvalue weighted by Gasteiger charge is 2.24. The summed E-state index contributed by atoms with van der Waals surface area (Å²) in [7, 11) is 0. The predicted molar refractivity (Wildman–Crippen MR) is 74.0 cm³/mol. The first-order valence-corrected chi connectivity index (χ1v) is 6.95.